The first-order valence-electron chi connectivity index (χ1n) is 8.62. The number of benzene rings is 1. The molecule has 28 heavy (non-hydrogen) atoms. The predicted octanol–water partition coefficient (Wildman–Crippen LogP) is -1.43. The summed E-state index contributed by atoms with van der Waals surface area (Å²) in [5.41, 5.74) is 6.79. The van der Waals surface area contributed by atoms with E-state index in [0.29, 0.717) is 5.69 Å². The minimum atomic E-state index is -1.20. The fourth-order valence-electron chi connectivity index (χ4n) is 2.51. The van der Waals surface area contributed by atoms with Crippen LogP contribution in [0, 0.1) is 0 Å². The lowest BCUT2D eigenvalue weighted by molar-refractivity contribution is -0.142. The average molecular weight is 389 g/mol. The van der Waals surface area contributed by atoms with Crippen LogP contribution in [0.4, 0.5) is 0 Å². The van der Waals surface area contributed by atoms with Gasteiger partial charge < -0.3 is 31.6 Å². The third-order valence-electron chi connectivity index (χ3n) is 4.04. The second kappa shape index (κ2) is 10.2. The van der Waals surface area contributed by atoms with Gasteiger partial charge in [0.25, 0.3) is 0 Å². The smallest absolute Gasteiger partial charge is 0.326 e. The van der Waals surface area contributed by atoms with Crippen LogP contribution in [0.25, 0.3) is 0 Å². The summed E-state index contributed by atoms with van der Waals surface area (Å²) in [5, 5.41) is 23.4. The molecule has 1 aromatic carbocycles. The first-order valence-corrected chi connectivity index (χ1v) is 8.62. The number of hydrogen-bond donors (Lipinski definition) is 6. The number of rotatable bonds is 10. The molecule has 0 aliphatic carbocycles. The maximum atomic E-state index is 12.7. The van der Waals surface area contributed by atoms with Gasteiger partial charge in [-0.2, -0.15) is 0 Å². The van der Waals surface area contributed by atoms with E-state index in [1.54, 1.807) is 30.3 Å². The number of imidazole rings is 1. The largest absolute Gasteiger partial charge is 0.480 e. The van der Waals surface area contributed by atoms with Crippen LogP contribution >= 0.6 is 0 Å². The normalized spacial score (nSPS) is 13.9. The molecular formula is C18H23N5O5. The summed E-state index contributed by atoms with van der Waals surface area (Å²) in [6, 6.07) is 5.39. The van der Waals surface area contributed by atoms with E-state index in [4.69, 9.17) is 10.8 Å². The van der Waals surface area contributed by atoms with Gasteiger partial charge in [0, 0.05) is 24.7 Å². The first-order chi connectivity index (χ1) is 13.4. The standard InChI is InChI=1S/C18H23N5O5/c19-13(9-24)16(25)22-14(7-12-8-20-10-21-12)17(26)23-15(18(27)28)6-11-4-2-1-3-5-11/h1-5,8,10,13-15,24H,6-7,9,19H2,(H,20,21)(H,22,25)(H,23,26)(H,27,28). The summed E-state index contributed by atoms with van der Waals surface area (Å²) < 4.78 is 0. The molecule has 0 spiro atoms. The molecule has 10 nitrogen and oxygen atoms in total. The molecule has 0 fully saturated rings. The number of carboxylic acid groups (broad SMARTS) is 1. The van der Waals surface area contributed by atoms with Gasteiger partial charge in [-0.05, 0) is 5.56 Å². The lowest BCUT2D eigenvalue weighted by Crippen LogP contribution is -2.56. The molecule has 0 aliphatic rings. The van der Waals surface area contributed by atoms with Crippen molar-refractivity contribution >= 4 is 17.8 Å². The molecule has 0 radical (unpaired) electrons. The predicted molar refractivity (Wildman–Crippen MR) is 99.0 cm³/mol. The minimum absolute atomic E-state index is 0.0490. The number of aliphatic hydroxyl groups is 1. The Labute approximate surface area is 161 Å². The van der Waals surface area contributed by atoms with E-state index < -0.39 is 42.5 Å². The summed E-state index contributed by atoms with van der Waals surface area (Å²) in [5.74, 6) is -2.61. The SMILES string of the molecule is NC(CO)C(=O)NC(Cc1cnc[nH]1)C(=O)NC(Cc1ccccc1)C(=O)O. The van der Waals surface area contributed by atoms with Gasteiger partial charge in [-0.1, -0.05) is 30.3 Å². The van der Waals surface area contributed by atoms with Crippen LogP contribution in [0.15, 0.2) is 42.9 Å². The van der Waals surface area contributed by atoms with E-state index >= 15 is 0 Å². The number of H-pyrrole nitrogens is 1. The van der Waals surface area contributed by atoms with Crippen molar-refractivity contribution in [3.63, 3.8) is 0 Å². The number of aliphatic hydroxyl groups excluding tert-OH is 1. The van der Waals surface area contributed by atoms with E-state index in [1.807, 2.05) is 0 Å². The molecule has 3 atom stereocenters. The van der Waals surface area contributed by atoms with Gasteiger partial charge in [-0.25, -0.2) is 9.78 Å². The van der Waals surface area contributed by atoms with Gasteiger partial charge in [0.1, 0.15) is 18.1 Å². The van der Waals surface area contributed by atoms with Crippen LogP contribution in [0.1, 0.15) is 11.3 Å². The first kappa shape index (κ1) is 21.1. The zero-order chi connectivity index (χ0) is 20.5. The van der Waals surface area contributed by atoms with Gasteiger partial charge in [0.2, 0.25) is 11.8 Å². The highest BCUT2D eigenvalue weighted by molar-refractivity contribution is 5.92. The number of hydrogen-bond acceptors (Lipinski definition) is 6. The fourth-order valence-corrected chi connectivity index (χ4v) is 2.51. The minimum Gasteiger partial charge on any atom is -0.480 e. The molecule has 2 amide bonds. The third kappa shape index (κ3) is 6.18. The molecule has 1 aromatic heterocycles. The van der Waals surface area contributed by atoms with Crippen molar-refractivity contribution in [2.24, 2.45) is 5.73 Å². The maximum absolute atomic E-state index is 12.7. The Morgan fingerprint density at radius 3 is 2.32 bits per heavy atom. The number of nitrogens with one attached hydrogen (secondary N) is 3. The van der Waals surface area contributed by atoms with E-state index in [-0.39, 0.29) is 12.8 Å². The molecule has 7 N–H and O–H groups in total. The zero-order valence-electron chi connectivity index (χ0n) is 15.0. The van der Waals surface area contributed by atoms with Crippen LogP contribution < -0.4 is 16.4 Å². The zero-order valence-corrected chi connectivity index (χ0v) is 15.0. The Morgan fingerprint density at radius 2 is 1.75 bits per heavy atom. The van der Waals surface area contributed by atoms with E-state index in [9.17, 15) is 19.5 Å². The van der Waals surface area contributed by atoms with Crippen molar-refractivity contribution in [3.8, 4) is 0 Å². The lowest BCUT2D eigenvalue weighted by atomic mass is 10.0. The van der Waals surface area contributed by atoms with Gasteiger partial charge in [0.15, 0.2) is 0 Å². The summed E-state index contributed by atoms with van der Waals surface area (Å²) in [6.45, 7) is -0.587. The second-order valence-corrected chi connectivity index (χ2v) is 6.22. The summed E-state index contributed by atoms with van der Waals surface area (Å²) in [7, 11) is 0. The molecule has 0 bridgehead atoms. The summed E-state index contributed by atoms with van der Waals surface area (Å²) in [6.07, 6.45) is 3.04. The van der Waals surface area contributed by atoms with Crippen molar-refractivity contribution in [1.29, 1.82) is 0 Å². The highest BCUT2D eigenvalue weighted by Gasteiger charge is 2.28. The number of nitrogens with two attached hydrogens (primary N) is 1. The van der Waals surface area contributed by atoms with E-state index in [1.165, 1.54) is 12.5 Å². The quantitative estimate of drug-likeness (QED) is 0.289. The number of aliphatic carboxylic acids is 1. The molecule has 2 rings (SSSR count). The van der Waals surface area contributed by atoms with Crippen molar-refractivity contribution in [3.05, 3.63) is 54.1 Å². The molecule has 10 heteroatoms. The van der Waals surface area contributed by atoms with Crippen LogP contribution in [-0.4, -0.2) is 62.7 Å². The van der Waals surface area contributed by atoms with E-state index in [0.717, 1.165) is 5.56 Å². The number of amides is 2. The Kier molecular flexibility index (Phi) is 7.66. The van der Waals surface area contributed by atoms with Crippen LogP contribution in [0.5, 0.6) is 0 Å². The van der Waals surface area contributed by atoms with Crippen molar-refractivity contribution in [1.82, 2.24) is 20.6 Å². The topological polar surface area (TPSA) is 170 Å². The monoisotopic (exact) mass is 389 g/mol. The molecule has 2 aromatic rings. The maximum Gasteiger partial charge on any atom is 0.326 e. The van der Waals surface area contributed by atoms with Gasteiger partial charge >= 0.3 is 5.97 Å². The molecule has 1 heterocycles. The average Bonchev–Trinajstić information content (AvgIpc) is 3.20. The molecule has 3 unspecified atom stereocenters. The number of carbonyl (C=O) groups excluding carboxylic acids is 2. The number of aromatic nitrogens is 2. The van der Waals surface area contributed by atoms with Crippen LogP contribution in [0.2, 0.25) is 0 Å². The molecule has 0 saturated carbocycles. The highest BCUT2D eigenvalue weighted by atomic mass is 16.4. The Bertz CT molecular complexity index is 781. The highest BCUT2D eigenvalue weighted by Crippen LogP contribution is 2.05. The number of aromatic amines is 1. The van der Waals surface area contributed by atoms with Crippen molar-refractivity contribution in [2.75, 3.05) is 6.61 Å². The lowest BCUT2D eigenvalue weighted by Gasteiger charge is -2.22. The van der Waals surface area contributed by atoms with Crippen molar-refractivity contribution in [2.45, 2.75) is 31.0 Å². The Hall–Kier alpha value is -3.24. The van der Waals surface area contributed by atoms with Gasteiger partial charge in [0.05, 0.1) is 12.9 Å². The summed E-state index contributed by atoms with van der Waals surface area (Å²) in [4.78, 5) is 43.0. The second-order valence-electron chi connectivity index (χ2n) is 6.22. The van der Waals surface area contributed by atoms with Gasteiger partial charge in [-0.15, -0.1) is 0 Å². The summed E-state index contributed by atoms with van der Waals surface area (Å²) >= 11 is 0. The third-order valence-corrected chi connectivity index (χ3v) is 4.04. The molecule has 0 saturated heterocycles. The Balaban J connectivity index is 2.11. The molecular weight excluding hydrogens is 366 g/mol. The number of carboxylic acids is 1. The number of carbonyl (C=O) groups is 3. The van der Waals surface area contributed by atoms with Crippen LogP contribution in [0.3, 0.4) is 0 Å². The fraction of sp³-hybridized carbons (Fsp3) is 0.333. The molecule has 150 valence electrons. The molecule has 0 aliphatic heterocycles. The number of nitrogens with zero attached hydrogens (tertiary/aromatic N) is 1. The van der Waals surface area contributed by atoms with Crippen LogP contribution in [-0.2, 0) is 27.2 Å². The van der Waals surface area contributed by atoms with E-state index in [2.05, 4.69) is 20.6 Å². The van der Waals surface area contributed by atoms with Crippen molar-refractivity contribution < 1.29 is 24.6 Å². The van der Waals surface area contributed by atoms with Gasteiger partial charge in [-0.3, -0.25) is 9.59 Å². The Morgan fingerprint density at radius 1 is 1.07 bits per heavy atom.